The zero-order chi connectivity index (χ0) is 13.1. The molecule has 0 amide bonds. The van der Waals surface area contributed by atoms with E-state index in [2.05, 4.69) is 15.5 Å². The Morgan fingerprint density at radius 2 is 2.28 bits per heavy atom. The van der Waals surface area contributed by atoms with E-state index in [1.807, 2.05) is 19.1 Å². The maximum Gasteiger partial charge on any atom is 0.303 e. The predicted molar refractivity (Wildman–Crippen MR) is 64.9 cm³/mol. The summed E-state index contributed by atoms with van der Waals surface area (Å²) in [6.07, 6.45) is 0.258. The van der Waals surface area contributed by atoms with Crippen molar-refractivity contribution in [3.05, 3.63) is 34.6 Å². The number of carboxylic acid groups (broad SMARTS) is 1. The molecule has 0 spiro atoms. The molecule has 0 aliphatic heterocycles. The van der Waals surface area contributed by atoms with Crippen molar-refractivity contribution in [1.82, 2.24) is 20.2 Å². The van der Waals surface area contributed by atoms with Gasteiger partial charge in [-0.25, -0.2) is 0 Å². The summed E-state index contributed by atoms with van der Waals surface area (Å²) in [4.78, 5) is 10.5. The van der Waals surface area contributed by atoms with Crippen molar-refractivity contribution in [2.75, 3.05) is 0 Å². The Bertz CT molecular complexity index is 582. The summed E-state index contributed by atoms with van der Waals surface area (Å²) in [6, 6.07) is 5.44. The Morgan fingerprint density at radius 3 is 2.94 bits per heavy atom. The molecule has 1 heterocycles. The largest absolute Gasteiger partial charge is 0.481 e. The van der Waals surface area contributed by atoms with Gasteiger partial charge in [-0.1, -0.05) is 17.7 Å². The third kappa shape index (κ3) is 2.65. The minimum Gasteiger partial charge on any atom is -0.481 e. The average Bonchev–Trinajstić information content (AvgIpc) is 2.78. The fraction of sp³-hybridized carbons (Fsp3) is 0.273. The molecule has 18 heavy (non-hydrogen) atoms. The standard InChI is InChI=1S/C11H11ClN4O2/c1-7-2-3-8(6-9(7)12)16-10(13-14-15-16)4-5-11(17)18/h2-3,6H,4-5H2,1H3,(H,17,18). The molecular weight excluding hydrogens is 256 g/mol. The molecule has 1 N–H and O–H groups in total. The molecule has 0 bridgehead atoms. The van der Waals surface area contributed by atoms with Gasteiger partial charge in [0.1, 0.15) is 0 Å². The fourth-order valence-corrected chi connectivity index (χ4v) is 1.67. The lowest BCUT2D eigenvalue weighted by Gasteiger charge is -2.05. The number of nitrogens with zero attached hydrogens (tertiary/aromatic N) is 4. The van der Waals surface area contributed by atoms with Crippen LogP contribution < -0.4 is 0 Å². The van der Waals surface area contributed by atoms with Crippen molar-refractivity contribution in [2.45, 2.75) is 19.8 Å². The van der Waals surface area contributed by atoms with Crippen LogP contribution in [0.25, 0.3) is 5.69 Å². The van der Waals surface area contributed by atoms with Gasteiger partial charge in [0.05, 0.1) is 12.1 Å². The van der Waals surface area contributed by atoms with Crippen LogP contribution in [0.5, 0.6) is 0 Å². The van der Waals surface area contributed by atoms with Crippen LogP contribution in [0.3, 0.4) is 0 Å². The number of rotatable bonds is 4. The number of tetrazole rings is 1. The van der Waals surface area contributed by atoms with E-state index in [1.165, 1.54) is 4.68 Å². The maximum atomic E-state index is 10.5. The number of carboxylic acids is 1. The van der Waals surface area contributed by atoms with E-state index < -0.39 is 5.97 Å². The molecule has 0 unspecified atom stereocenters. The van der Waals surface area contributed by atoms with Gasteiger partial charge in [-0.2, -0.15) is 4.68 Å². The number of hydrogen-bond acceptors (Lipinski definition) is 4. The number of aryl methyl sites for hydroxylation is 2. The summed E-state index contributed by atoms with van der Waals surface area (Å²) in [5, 5.41) is 20.5. The number of benzene rings is 1. The lowest BCUT2D eigenvalue weighted by molar-refractivity contribution is -0.137. The van der Waals surface area contributed by atoms with Crippen molar-refractivity contribution < 1.29 is 9.90 Å². The fourth-order valence-electron chi connectivity index (χ4n) is 1.49. The zero-order valence-electron chi connectivity index (χ0n) is 9.67. The number of halogens is 1. The first kappa shape index (κ1) is 12.5. The van der Waals surface area contributed by atoms with Crippen LogP contribution in [0.15, 0.2) is 18.2 Å². The Kier molecular flexibility index (Phi) is 3.57. The number of aliphatic carboxylic acids is 1. The predicted octanol–water partition coefficient (Wildman–Crippen LogP) is 1.64. The summed E-state index contributed by atoms with van der Waals surface area (Å²) in [6.45, 7) is 1.90. The molecular formula is C11H11ClN4O2. The molecule has 0 aliphatic rings. The zero-order valence-corrected chi connectivity index (χ0v) is 10.4. The smallest absolute Gasteiger partial charge is 0.303 e. The van der Waals surface area contributed by atoms with E-state index in [1.54, 1.807) is 6.07 Å². The molecule has 2 aromatic rings. The first-order chi connectivity index (χ1) is 8.58. The summed E-state index contributed by atoms with van der Waals surface area (Å²) in [5.74, 6) is -0.385. The average molecular weight is 267 g/mol. The Morgan fingerprint density at radius 1 is 1.50 bits per heavy atom. The van der Waals surface area contributed by atoms with Crippen LogP contribution in [-0.4, -0.2) is 31.3 Å². The van der Waals surface area contributed by atoms with Crippen LogP contribution >= 0.6 is 11.6 Å². The SMILES string of the molecule is Cc1ccc(-n2nnnc2CCC(=O)O)cc1Cl. The van der Waals surface area contributed by atoms with E-state index in [0.717, 1.165) is 11.3 Å². The highest BCUT2D eigenvalue weighted by Crippen LogP contribution is 2.19. The molecule has 6 nitrogen and oxygen atoms in total. The first-order valence-electron chi connectivity index (χ1n) is 5.33. The highest BCUT2D eigenvalue weighted by Gasteiger charge is 2.10. The Hall–Kier alpha value is -1.95. The second kappa shape index (κ2) is 5.14. The van der Waals surface area contributed by atoms with Crippen molar-refractivity contribution in [3.8, 4) is 5.69 Å². The second-order valence-corrected chi connectivity index (χ2v) is 4.24. The van der Waals surface area contributed by atoms with E-state index in [4.69, 9.17) is 16.7 Å². The van der Waals surface area contributed by atoms with Crippen molar-refractivity contribution in [3.63, 3.8) is 0 Å². The summed E-state index contributed by atoms with van der Waals surface area (Å²) >= 11 is 6.03. The first-order valence-corrected chi connectivity index (χ1v) is 5.71. The van der Waals surface area contributed by atoms with Gasteiger partial charge in [0.15, 0.2) is 5.82 Å². The highest BCUT2D eigenvalue weighted by molar-refractivity contribution is 6.31. The lowest BCUT2D eigenvalue weighted by atomic mass is 10.2. The molecule has 1 aromatic carbocycles. The molecule has 94 valence electrons. The second-order valence-electron chi connectivity index (χ2n) is 3.83. The topological polar surface area (TPSA) is 80.9 Å². The molecule has 0 aliphatic carbocycles. The quantitative estimate of drug-likeness (QED) is 0.910. The molecule has 0 atom stereocenters. The van der Waals surface area contributed by atoms with Crippen LogP contribution in [0, 0.1) is 6.92 Å². The molecule has 0 saturated carbocycles. The highest BCUT2D eigenvalue weighted by atomic mass is 35.5. The molecule has 0 fully saturated rings. The van der Waals surface area contributed by atoms with Crippen LogP contribution in [-0.2, 0) is 11.2 Å². The van der Waals surface area contributed by atoms with Crippen LogP contribution in [0.4, 0.5) is 0 Å². The van der Waals surface area contributed by atoms with E-state index in [-0.39, 0.29) is 12.8 Å². The summed E-state index contributed by atoms with van der Waals surface area (Å²) in [7, 11) is 0. The van der Waals surface area contributed by atoms with Crippen LogP contribution in [0.1, 0.15) is 17.8 Å². The minimum absolute atomic E-state index is 0.0139. The monoisotopic (exact) mass is 266 g/mol. The van der Waals surface area contributed by atoms with Gasteiger partial charge < -0.3 is 5.11 Å². The molecule has 7 heteroatoms. The normalized spacial score (nSPS) is 10.6. The Balaban J connectivity index is 2.30. The van der Waals surface area contributed by atoms with Crippen molar-refractivity contribution in [2.24, 2.45) is 0 Å². The number of hydrogen-bond donors (Lipinski definition) is 1. The summed E-state index contributed by atoms with van der Waals surface area (Å²) in [5.41, 5.74) is 1.68. The van der Waals surface area contributed by atoms with Crippen molar-refractivity contribution in [1.29, 1.82) is 0 Å². The molecule has 2 rings (SSSR count). The van der Waals surface area contributed by atoms with Crippen molar-refractivity contribution >= 4 is 17.6 Å². The third-order valence-electron chi connectivity index (χ3n) is 2.50. The molecule has 0 radical (unpaired) electrons. The lowest BCUT2D eigenvalue weighted by Crippen LogP contribution is -2.06. The maximum absolute atomic E-state index is 10.5. The molecule has 1 aromatic heterocycles. The number of aromatic nitrogens is 4. The van der Waals surface area contributed by atoms with E-state index >= 15 is 0 Å². The van der Waals surface area contributed by atoms with E-state index in [9.17, 15) is 4.79 Å². The van der Waals surface area contributed by atoms with Gasteiger partial charge in [0, 0.05) is 11.4 Å². The van der Waals surface area contributed by atoms with Gasteiger partial charge >= 0.3 is 5.97 Å². The third-order valence-corrected chi connectivity index (χ3v) is 2.90. The minimum atomic E-state index is -0.883. The van der Waals surface area contributed by atoms with Gasteiger partial charge in [-0.05, 0) is 35.0 Å². The van der Waals surface area contributed by atoms with Gasteiger partial charge in [-0.15, -0.1) is 5.10 Å². The summed E-state index contributed by atoms with van der Waals surface area (Å²) < 4.78 is 1.49. The van der Waals surface area contributed by atoms with Gasteiger partial charge in [0.25, 0.3) is 0 Å². The van der Waals surface area contributed by atoms with E-state index in [0.29, 0.717) is 10.8 Å². The van der Waals surface area contributed by atoms with Gasteiger partial charge in [-0.3, -0.25) is 4.79 Å². The Labute approximate surface area is 108 Å². The van der Waals surface area contributed by atoms with Crippen LogP contribution in [0.2, 0.25) is 5.02 Å². The van der Waals surface area contributed by atoms with Gasteiger partial charge in [0.2, 0.25) is 0 Å². The molecule has 0 saturated heterocycles. The number of carbonyl (C=O) groups is 1.